The van der Waals surface area contributed by atoms with Crippen molar-refractivity contribution in [1.29, 1.82) is 0 Å². The van der Waals surface area contributed by atoms with E-state index in [1.165, 1.54) is 0 Å². The monoisotopic (exact) mass is 237 g/mol. The molecule has 0 atom stereocenters. The molecule has 0 aromatic carbocycles. The van der Waals surface area contributed by atoms with Gasteiger partial charge < -0.3 is 15.4 Å². The van der Waals surface area contributed by atoms with Crippen molar-refractivity contribution in [3.63, 3.8) is 0 Å². The molecule has 0 aliphatic heterocycles. The Hall–Kier alpha value is -1.78. The van der Waals surface area contributed by atoms with Crippen molar-refractivity contribution in [2.24, 2.45) is 0 Å². The van der Waals surface area contributed by atoms with E-state index in [4.69, 9.17) is 10.5 Å². The van der Waals surface area contributed by atoms with Crippen LogP contribution in [0, 0.1) is 0 Å². The Bertz CT molecular complexity index is 369. The van der Waals surface area contributed by atoms with Gasteiger partial charge in [0.1, 0.15) is 6.54 Å². The molecule has 1 aromatic heterocycles. The molecule has 2 N–H and O–H groups in total. The van der Waals surface area contributed by atoms with Crippen LogP contribution in [0.5, 0.6) is 0 Å². The fourth-order valence-electron chi connectivity index (χ4n) is 1.57. The Morgan fingerprint density at radius 1 is 1.53 bits per heavy atom. The number of hydrogen-bond donors (Lipinski definition) is 1. The Morgan fingerprint density at radius 3 is 2.88 bits per heavy atom. The average molecular weight is 237 g/mol. The minimum Gasteiger partial charge on any atom is -0.465 e. The lowest BCUT2D eigenvalue weighted by molar-refractivity contribution is -0.141. The zero-order valence-electron chi connectivity index (χ0n) is 10.3. The van der Waals surface area contributed by atoms with Gasteiger partial charge in [-0.2, -0.15) is 0 Å². The number of aromatic nitrogens is 1. The molecular formula is C12H19N3O2. The summed E-state index contributed by atoms with van der Waals surface area (Å²) in [4.78, 5) is 17.5. The number of nitrogen functional groups attached to an aromatic ring is 1. The molecule has 5 heteroatoms. The van der Waals surface area contributed by atoms with E-state index in [2.05, 4.69) is 4.98 Å². The molecule has 0 saturated carbocycles. The molecule has 1 heterocycles. The topological polar surface area (TPSA) is 68.5 Å². The standard InChI is InChI=1S/C12H19N3O2/c1-3-8-15(9-11(16)17-4-2)12-10(13)6-5-7-14-12/h5-7H,3-4,8-9,13H2,1-2H3. The van der Waals surface area contributed by atoms with Crippen LogP contribution in [0.4, 0.5) is 11.5 Å². The highest BCUT2D eigenvalue weighted by Gasteiger charge is 2.14. The molecule has 0 spiro atoms. The number of rotatable bonds is 6. The molecule has 1 aromatic rings. The zero-order valence-corrected chi connectivity index (χ0v) is 10.3. The molecule has 0 aliphatic rings. The lowest BCUT2D eigenvalue weighted by atomic mass is 10.3. The van der Waals surface area contributed by atoms with Crippen LogP contribution in [0.15, 0.2) is 18.3 Å². The summed E-state index contributed by atoms with van der Waals surface area (Å²) in [5.41, 5.74) is 6.42. The Morgan fingerprint density at radius 2 is 2.29 bits per heavy atom. The maximum Gasteiger partial charge on any atom is 0.325 e. The number of pyridine rings is 1. The third-order valence-corrected chi connectivity index (χ3v) is 2.24. The first-order valence-electron chi connectivity index (χ1n) is 5.80. The normalized spacial score (nSPS) is 10.0. The number of ether oxygens (including phenoxy) is 1. The van der Waals surface area contributed by atoms with E-state index in [0.29, 0.717) is 18.1 Å². The van der Waals surface area contributed by atoms with Gasteiger partial charge in [0.25, 0.3) is 0 Å². The largest absolute Gasteiger partial charge is 0.465 e. The highest BCUT2D eigenvalue weighted by molar-refractivity contribution is 5.77. The van der Waals surface area contributed by atoms with Gasteiger partial charge in [-0.05, 0) is 25.5 Å². The van der Waals surface area contributed by atoms with Crippen LogP contribution in [-0.4, -0.2) is 30.6 Å². The van der Waals surface area contributed by atoms with Crippen LogP contribution < -0.4 is 10.6 Å². The number of anilines is 2. The summed E-state index contributed by atoms with van der Waals surface area (Å²) >= 11 is 0. The van der Waals surface area contributed by atoms with E-state index in [1.807, 2.05) is 11.8 Å². The summed E-state index contributed by atoms with van der Waals surface area (Å²) in [6, 6.07) is 3.55. The lowest BCUT2D eigenvalue weighted by Gasteiger charge is -2.23. The molecule has 1 rings (SSSR count). The quantitative estimate of drug-likeness (QED) is 0.758. The predicted octanol–water partition coefficient (Wildman–Crippen LogP) is 1.44. The molecule has 0 aliphatic carbocycles. The molecule has 94 valence electrons. The van der Waals surface area contributed by atoms with Gasteiger partial charge in [0.2, 0.25) is 0 Å². The summed E-state index contributed by atoms with van der Waals surface area (Å²) < 4.78 is 4.93. The first kappa shape index (κ1) is 13.3. The molecule has 0 bridgehead atoms. The van der Waals surface area contributed by atoms with E-state index >= 15 is 0 Å². The first-order chi connectivity index (χ1) is 8.19. The highest BCUT2D eigenvalue weighted by atomic mass is 16.5. The summed E-state index contributed by atoms with van der Waals surface area (Å²) in [5, 5.41) is 0. The number of carbonyl (C=O) groups excluding carboxylic acids is 1. The van der Waals surface area contributed by atoms with Crippen molar-refractivity contribution < 1.29 is 9.53 Å². The zero-order chi connectivity index (χ0) is 12.7. The van der Waals surface area contributed by atoms with Crippen molar-refractivity contribution in [2.75, 3.05) is 30.3 Å². The maximum atomic E-state index is 11.5. The van der Waals surface area contributed by atoms with Gasteiger partial charge in [0.15, 0.2) is 5.82 Å². The number of hydrogen-bond acceptors (Lipinski definition) is 5. The van der Waals surface area contributed by atoms with E-state index in [1.54, 1.807) is 25.3 Å². The van der Waals surface area contributed by atoms with Crippen LogP contribution in [0.25, 0.3) is 0 Å². The summed E-state index contributed by atoms with van der Waals surface area (Å²) in [6.07, 6.45) is 2.58. The average Bonchev–Trinajstić information content (AvgIpc) is 2.29. The van der Waals surface area contributed by atoms with Gasteiger partial charge in [-0.15, -0.1) is 0 Å². The lowest BCUT2D eigenvalue weighted by Crippen LogP contribution is -2.32. The fourth-order valence-corrected chi connectivity index (χ4v) is 1.57. The van der Waals surface area contributed by atoms with Gasteiger partial charge in [-0.1, -0.05) is 6.92 Å². The van der Waals surface area contributed by atoms with E-state index < -0.39 is 0 Å². The summed E-state index contributed by atoms with van der Waals surface area (Å²) in [6.45, 7) is 5.12. The third-order valence-electron chi connectivity index (χ3n) is 2.24. The molecule has 0 fully saturated rings. The van der Waals surface area contributed by atoms with Crippen molar-refractivity contribution >= 4 is 17.5 Å². The van der Waals surface area contributed by atoms with Gasteiger partial charge in [0, 0.05) is 12.7 Å². The summed E-state index contributed by atoms with van der Waals surface area (Å²) in [7, 11) is 0. The molecule has 0 amide bonds. The third kappa shape index (κ3) is 3.94. The fraction of sp³-hybridized carbons (Fsp3) is 0.500. The van der Waals surface area contributed by atoms with Crippen LogP contribution in [0.2, 0.25) is 0 Å². The number of nitrogens with two attached hydrogens (primary N) is 1. The smallest absolute Gasteiger partial charge is 0.325 e. The minimum atomic E-state index is -0.258. The van der Waals surface area contributed by atoms with Crippen molar-refractivity contribution in [2.45, 2.75) is 20.3 Å². The summed E-state index contributed by atoms with van der Waals surface area (Å²) in [5.74, 6) is 0.383. The Balaban J connectivity index is 2.78. The van der Waals surface area contributed by atoms with Crippen molar-refractivity contribution in [3.8, 4) is 0 Å². The van der Waals surface area contributed by atoms with Crippen molar-refractivity contribution in [3.05, 3.63) is 18.3 Å². The second-order valence-corrected chi connectivity index (χ2v) is 3.64. The second kappa shape index (κ2) is 6.73. The maximum absolute atomic E-state index is 11.5. The van der Waals surface area contributed by atoms with Gasteiger partial charge in [-0.25, -0.2) is 4.98 Å². The van der Waals surface area contributed by atoms with Gasteiger partial charge in [-0.3, -0.25) is 4.79 Å². The van der Waals surface area contributed by atoms with E-state index in [0.717, 1.165) is 13.0 Å². The highest BCUT2D eigenvalue weighted by Crippen LogP contribution is 2.19. The molecule has 0 saturated heterocycles. The molecular weight excluding hydrogens is 218 g/mol. The Kier molecular flexibility index (Phi) is 5.26. The SMILES string of the molecule is CCCN(CC(=O)OCC)c1ncccc1N. The first-order valence-corrected chi connectivity index (χ1v) is 5.80. The Labute approximate surface area is 102 Å². The number of esters is 1. The predicted molar refractivity (Wildman–Crippen MR) is 67.8 cm³/mol. The van der Waals surface area contributed by atoms with Crippen LogP contribution in [0.1, 0.15) is 20.3 Å². The van der Waals surface area contributed by atoms with Crippen molar-refractivity contribution in [1.82, 2.24) is 4.98 Å². The molecule has 5 nitrogen and oxygen atoms in total. The van der Waals surface area contributed by atoms with E-state index in [9.17, 15) is 4.79 Å². The molecule has 0 unspecified atom stereocenters. The van der Waals surface area contributed by atoms with Gasteiger partial charge in [0.05, 0.1) is 12.3 Å². The van der Waals surface area contributed by atoms with Crippen LogP contribution >= 0.6 is 0 Å². The second-order valence-electron chi connectivity index (χ2n) is 3.64. The number of nitrogens with zero attached hydrogens (tertiary/aromatic N) is 2. The van der Waals surface area contributed by atoms with Crippen LogP contribution in [0.3, 0.4) is 0 Å². The molecule has 17 heavy (non-hydrogen) atoms. The van der Waals surface area contributed by atoms with Crippen LogP contribution in [-0.2, 0) is 9.53 Å². The molecule has 0 radical (unpaired) electrons. The van der Waals surface area contributed by atoms with Gasteiger partial charge >= 0.3 is 5.97 Å². The minimum absolute atomic E-state index is 0.183. The van der Waals surface area contributed by atoms with E-state index in [-0.39, 0.29) is 12.5 Å². The number of carbonyl (C=O) groups is 1.